The topological polar surface area (TPSA) is 98.9 Å². The van der Waals surface area contributed by atoms with Crippen molar-refractivity contribution in [3.63, 3.8) is 0 Å². The molecule has 0 radical (unpaired) electrons. The van der Waals surface area contributed by atoms with Crippen LogP contribution in [-0.2, 0) is 15.6 Å². The summed E-state index contributed by atoms with van der Waals surface area (Å²) in [6, 6.07) is 11.6. The van der Waals surface area contributed by atoms with Crippen molar-refractivity contribution in [2.45, 2.75) is 6.92 Å². The maximum absolute atomic E-state index is 12.0. The van der Waals surface area contributed by atoms with E-state index >= 15 is 0 Å². The van der Waals surface area contributed by atoms with E-state index in [-0.39, 0.29) is 28.7 Å². The van der Waals surface area contributed by atoms with Gasteiger partial charge in [0, 0.05) is 5.56 Å². The summed E-state index contributed by atoms with van der Waals surface area (Å²) in [7, 11) is -0.512. The maximum atomic E-state index is 12.0. The van der Waals surface area contributed by atoms with Gasteiger partial charge in [-0.25, -0.2) is 17.5 Å². The third-order valence-corrected chi connectivity index (χ3v) is 5.07. The number of allylic oxidation sites excluding steroid dienone is 1. The van der Waals surface area contributed by atoms with Gasteiger partial charge in [0.05, 0.1) is 19.8 Å². The molecule has 0 fully saturated rings. The van der Waals surface area contributed by atoms with E-state index in [1.165, 1.54) is 38.7 Å². The van der Waals surface area contributed by atoms with E-state index in [1.807, 2.05) is 31.2 Å². The molecule has 30 heavy (non-hydrogen) atoms. The van der Waals surface area contributed by atoms with Gasteiger partial charge < -0.3 is 13.9 Å². The highest BCUT2D eigenvalue weighted by Gasteiger charge is 2.22. The van der Waals surface area contributed by atoms with E-state index in [1.54, 1.807) is 0 Å². The highest BCUT2D eigenvalue weighted by molar-refractivity contribution is 7.74. The van der Waals surface area contributed by atoms with Crippen molar-refractivity contribution < 1.29 is 27.1 Å². The Labute approximate surface area is 175 Å². The standard InChI is InChI=1S/C21H20N2O6S/c1-13(2)14-5-7-15(8-6-14)20-22-19(12-29-20)23(30(25)26)17-10-9-16(21(24)28-4)11-18(17)27-3/h5-12,30H,1H2,2-4H3. The van der Waals surface area contributed by atoms with Gasteiger partial charge in [-0.05, 0) is 42.8 Å². The van der Waals surface area contributed by atoms with Gasteiger partial charge in [-0.15, -0.1) is 0 Å². The summed E-state index contributed by atoms with van der Waals surface area (Å²) >= 11 is 0. The van der Waals surface area contributed by atoms with Gasteiger partial charge in [-0.2, -0.15) is 4.98 Å². The summed E-state index contributed by atoms with van der Waals surface area (Å²) in [5, 5.41) is 0. The van der Waals surface area contributed by atoms with Crippen molar-refractivity contribution in [1.82, 2.24) is 4.98 Å². The Bertz CT molecular complexity index is 1160. The van der Waals surface area contributed by atoms with Crippen LogP contribution in [0.4, 0.5) is 11.5 Å². The molecule has 0 spiro atoms. The Kier molecular flexibility index (Phi) is 6.22. The highest BCUT2D eigenvalue weighted by Crippen LogP contribution is 2.35. The zero-order valence-electron chi connectivity index (χ0n) is 16.6. The van der Waals surface area contributed by atoms with Gasteiger partial charge in [-0.3, -0.25) is 0 Å². The number of carbonyl (C=O) groups is 1. The van der Waals surface area contributed by atoms with Crippen LogP contribution in [0.25, 0.3) is 17.0 Å². The summed E-state index contributed by atoms with van der Waals surface area (Å²) in [5.74, 6) is -0.105. The molecule has 0 amide bonds. The van der Waals surface area contributed by atoms with E-state index < -0.39 is 16.9 Å². The first-order chi connectivity index (χ1) is 14.3. The largest absolute Gasteiger partial charge is 0.495 e. The Morgan fingerprint density at radius 2 is 1.77 bits per heavy atom. The molecule has 1 heterocycles. The van der Waals surface area contributed by atoms with E-state index in [0.29, 0.717) is 5.56 Å². The molecule has 3 rings (SSSR count). The molecule has 2 aromatic carbocycles. The fourth-order valence-electron chi connectivity index (χ4n) is 2.78. The minimum Gasteiger partial charge on any atom is -0.495 e. The lowest BCUT2D eigenvalue weighted by atomic mass is 10.1. The van der Waals surface area contributed by atoms with Crippen LogP contribution in [0.1, 0.15) is 22.8 Å². The fourth-order valence-corrected chi connectivity index (χ4v) is 3.39. The number of anilines is 2. The van der Waals surface area contributed by atoms with Crippen molar-refractivity contribution in [3.8, 4) is 17.2 Å². The minimum atomic E-state index is -3.13. The third kappa shape index (κ3) is 4.20. The Balaban J connectivity index is 2.00. The number of rotatable bonds is 7. The average Bonchev–Trinajstić information content (AvgIpc) is 3.22. The fraction of sp³-hybridized carbons (Fsp3) is 0.143. The summed E-state index contributed by atoms with van der Waals surface area (Å²) in [6.07, 6.45) is 1.24. The Morgan fingerprint density at radius 3 is 2.33 bits per heavy atom. The second kappa shape index (κ2) is 8.83. The molecule has 156 valence electrons. The average molecular weight is 428 g/mol. The van der Waals surface area contributed by atoms with Gasteiger partial charge in [0.2, 0.25) is 16.8 Å². The van der Waals surface area contributed by atoms with Crippen LogP contribution in [0.15, 0.2) is 59.7 Å². The number of oxazole rings is 1. The van der Waals surface area contributed by atoms with Gasteiger partial charge >= 0.3 is 5.97 Å². The smallest absolute Gasteiger partial charge is 0.337 e. The number of esters is 1. The van der Waals surface area contributed by atoms with Crippen LogP contribution in [0.2, 0.25) is 0 Å². The van der Waals surface area contributed by atoms with Gasteiger partial charge in [0.1, 0.15) is 17.7 Å². The molecule has 8 nitrogen and oxygen atoms in total. The third-order valence-electron chi connectivity index (χ3n) is 4.33. The highest BCUT2D eigenvalue weighted by atomic mass is 32.2. The van der Waals surface area contributed by atoms with Crippen molar-refractivity contribution in [3.05, 3.63) is 66.4 Å². The predicted molar refractivity (Wildman–Crippen MR) is 113 cm³/mol. The molecule has 0 N–H and O–H groups in total. The van der Waals surface area contributed by atoms with Crippen molar-refractivity contribution >= 4 is 33.9 Å². The summed E-state index contributed by atoms with van der Waals surface area (Å²) in [6.45, 7) is 5.80. The molecule has 9 heteroatoms. The number of carbonyl (C=O) groups excluding carboxylic acids is 1. The number of nitrogens with zero attached hydrogens (tertiary/aromatic N) is 2. The number of hydrogen-bond acceptors (Lipinski definition) is 7. The number of thiol groups is 1. The zero-order valence-corrected chi connectivity index (χ0v) is 17.5. The number of hydrogen-bond donors (Lipinski definition) is 1. The predicted octanol–water partition coefficient (Wildman–Crippen LogP) is 3.83. The van der Waals surface area contributed by atoms with Crippen molar-refractivity contribution in [2.75, 3.05) is 18.5 Å². The number of aromatic nitrogens is 1. The van der Waals surface area contributed by atoms with Gasteiger partial charge in [0.25, 0.3) is 0 Å². The van der Waals surface area contributed by atoms with E-state index in [0.717, 1.165) is 15.4 Å². The van der Waals surface area contributed by atoms with Gasteiger partial charge in [-0.1, -0.05) is 24.3 Å². The van der Waals surface area contributed by atoms with Crippen molar-refractivity contribution in [1.29, 1.82) is 0 Å². The first kappa shape index (κ1) is 21.1. The monoisotopic (exact) mass is 428 g/mol. The van der Waals surface area contributed by atoms with E-state index in [9.17, 15) is 13.2 Å². The Hall–Kier alpha value is -3.59. The lowest BCUT2D eigenvalue weighted by Crippen LogP contribution is -2.16. The van der Waals surface area contributed by atoms with Crippen LogP contribution in [0.5, 0.6) is 5.75 Å². The second-order valence-electron chi connectivity index (χ2n) is 6.30. The quantitative estimate of drug-likeness (QED) is 0.451. The lowest BCUT2D eigenvalue weighted by Gasteiger charge is -2.18. The molecular weight excluding hydrogens is 408 g/mol. The molecule has 1 aromatic heterocycles. The summed E-state index contributed by atoms with van der Waals surface area (Å²) in [4.78, 5) is 16.1. The molecule has 3 aromatic rings. The normalized spacial score (nSPS) is 10.7. The molecule has 0 aliphatic rings. The van der Waals surface area contributed by atoms with Crippen LogP contribution in [-0.4, -0.2) is 33.6 Å². The first-order valence-electron chi connectivity index (χ1n) is 8.78. The SMILES string of the molecule is C=C(C)c1ccc(-c2nc(N(c3ccc(C(=O)OC)cc3OC)[SH](=O)=O)co2)cc1. The maximum Gasteiger partial charge on any atom is 0.337 e. The molecule has 0 atom stereocenters. The van der Waals surface area contributed by atoms with E-state index in [4.69, 9.17) is 9.15 Å². The zero-order chi connectivity index (χ0) is 21.8. The van der Waals surface area contributed by atoms with E-state index in [2.05, 4.69) is 16.3 Å². The first-order valence-corrected chi connectivity index (χ1v) is 9.91. The lowest BCUT2D eigenvalue weighted by molar-refractivity contribution is 0.0600. The molecule has 0 aliphatic carbocycles. The molecular formula is C21H20N2O6S. The minimum absolute atomic E-state index is 0.0502. The molecule has 0 saturated carbocycles. The van der Waals surface area contributed by atoms with Crippen LogP contribution >= 0.6 is 0 Å². The molecule has 0 aliphatic heterocycles. The Morgan fingerprint density at radius 1 is 1.10 bits per heavy atom. The van der Waals surface area contributed by atoms with Crippen LogP contribution in [0, 0.1) is 0 Å². The number of ether oxygens (including phenoxy) is 2. The summed E-state index contributed by atoms with van der Waals surface area (Å²) in [5.41, 5.74) is 2.98. The van der Waals surface area contributed by atoms with Crippen LogP contribution < -0.4 is 9.04 Å². The number of methoxy groups -OCH3 is 2. The van der Waals surface area contributed by atoms with Crippen LogP contribution in [0.3, 0.4) is 0 Å². The summed E-state index contributed by atoms with van der Waals surface area (Å²) < 4.78 is 40.5. The van der Waals surface area contributed by atoms with Crippen molar-refractivity contribution in [2.24, 2.45) is 0 Å². The number of benzene rings is 2. The molecule has 0 bridgehead atoms. The molecule has 0 saturated heterocycles. The second-order valence-corrected chi connectivity index (χ2v) is 7.17. The molecule has 0 unspecified atom stereocenters. The van der Waals surface area contributed by atoms with Gasteiger partial charge in [0.15, 0.2) is 5.82 Å².